The van der Waals surface area contributed by atoms with Gasteiger partial charge >= 0.3 is 0 Å². The Kier molecular flexibility index (Phi) is 5.11. The summed E-state index contributed by atoms with van der Waals surface area (Å²) >= 11 is 0. The lowest BCUT2D eigenvalue weighted by atomic mass is 9.69. The second-order valence-corrected chi connectivity index (χ2v) is 7.84. The van der Waals surface area contributed by atoms with Crippen LogP contribution in [-0.2, 0) is 4.79 Å². The van der Waals surface area contributed by atoms with Crippen molar-refractivity contribution in [3.63, 3.8) is 0 Å². The predicted molar refractivity (Wildman–Crippen MR) is 83.6 cm³/mol. The van der Waals surface area contributed by atoms with E-state index in [9.17, 15) is 4.79 Å². The molecule has 3 heteroatoms. The molecule has 0 bridgehead atoms. The highest BCUT2D eigenvalue weighted by molar-refractivity contribution is 5.79. The molecule has 20 heavy (non-hydrogen) atoms. The second kappa shape index (κ2) is 6.46. The zero-order chi connectivity index (χ0) is 14.8. The fraction of sp³-hybridized carbons (Fsp3) is 0.941. The number of hydrogen-bond donors (Lipinski definition) is 1. The zero-order valence-electron chi connectivity index (χ0n) is 13.7. The van der Waals surface area contributed by atoms with E-state index in [0.717, 1.165) is 44.7 Å². The van der Waals surface area contributed by atoms with Crippen molar-refractivity contribution in [2.75, 3.05) is 20.1 Å². The molecule has 2 aliphatic rings. The van der Waals surface area contributed by atoms with Crippen LogP contribution >= 0.6 is 0 Å². The molecule has 1 aliphatic carbocycles. The van der Waals surface area contributed by atoms with Crippen LogP contribution in [0, 0.1) is 17.3 Å². The first-order valence-electron chi connectivity index (χ1n) is 8.37. The third-order valence-electron chi connectivity index (χ3n) is 5.51. The lowest BCUT2D eigenvalue weighted by Crippen LogP contribution is -2.46. The Bertz CT molecular complexity index is 320. The summed E-state index contributed by atoms with van der Waals surface area (Å²) in [6.07, 6.45) is 6.85. The monoisotopic (exact) mass is 280 g/mol. The largest absolute Gasteiger partial charge is 0.342 e. The molecule has 0 aromatic heterocycles. The number of amides is 1. The standard InChI is InChI=1S/C17H32N2O/c1-17(2,3)14-7-5-13(6-8-14)16(20)19(4)15-9-11-18-12-10-15/h13-15,18H,5-12H2,1-4H3. The molecule has 0 spiro atoms. The van der Waals surface area contributed by atoms with Crippen LogP contribution in [0.1, 0.15) is 59.3 Å². The molecule has 2 fully saturated rings. The minimum atomic E-state index is 0.286. The molecule has 0 unspecified atom stereocenters. The molecule has 0 atom stereocenters. The lowest BCUT2D eigenvalue weighted by molar-refractivity contribution is -0.138. The van der Waals surface area contributed by atoms with Crippen molar-refractivity contribution < 1.29 is 4.79 Å². The number of carbonyl (C=O) groups excluding carboxylic acids is 1. The van der Waals surface area contributed by atoms with Crippen LogP contribution in [-0.4, -0.2) is 37.0 Å². The fourth-order valence-corrected chi connectivity index (χ4v) is 3.87. The maximum absolute atomic E-state index is 12.7. The van der Waals surface area contributed by atoms with Crippen LogP contribution in [0.4, 0.5) is 0 Å². The van der Waals surface area contributed by atoms with Gasteiger partial charge in [0.15, 0.2) is 0 Å². The first-order chi connectivity index (χ1) is 9.39. The SMILES string of the molecule is CN(C(=O)C1CCC(C(C)(C)C)CC1)C1CCNCC1. The summed E-state index contributed by atoms with van der Waals surface area (Å²) in [4.78, 5) is 14.7. The van der Waals surface area contributed by atoms with Gasteiger partial charge in [-0.2, -0.15) is 0 Å². The van der Waals surface area contributed by atoms with E-state index in [0.29, 0.717) is 17.4 Å². The van der Waals surface area contributed by atoms with Gasteiger partial charge in [-0.1, -0.05) is 20.8 Å². The molecule has 1 heterocycles. The molecular weight excluding hydrogens is 248 g/mol. The van der Waals surface area contributed by atoms with Gasteiger partial charge in [0.25, 0.3) is 0 Å². The number of hydrogen-bond acceptors (Lipinski definition) is 2. The van der Waals surface area contributed by atoms with Crippen LogP contribution in [0.15, 0.2) is 0 Å². The number of piperidine rings is 1. The van der Waals surface area contributed by atoms with Crippen LogP contribution in [0.25, 0.3) is 0 Å². The van der Waals surface area contributed by atoms with Gasteiger partial charge in [-0.3, -0.25) is 4.79 Å². The van der Waals surface area contributed by atoms with E-state index in [-0.39, 0.29) is 5.92 Å². The molecule has 1 aliphatic heterocycles. The summed E-state index contributed by atoms with van der Waals surface area (Å²) in [6, 6.07) is 0.462. The first-order valence-corrected chi connectivity index (χ1v) is 8.37. The molecule has 1 N–H and O–H groups in total. The average molecular weight is 280 g/mol. The number of nitrogens with zero attached hydrogens (tertiary/aromatic N) is 1. The summed E-state index contributed by atoms with van der Waals surface area (Å²) in [5, 5.41) is 3.37. The van der Waals surface area contributed by atoms with E-state index in [2.05, 4.69) is 31.0 Å². The fourth-order valence-electron chi connectivity index (χ4n) is 3.87. The van der Waals surface area contributed by atoms with Crippen molar-refractivity contribution in [2.45, 2.75) is 65.3 Å². The highest BCUT2D eigenvalue weighted by Gasteiger charge is 2.34. The van der Waals surface area contributed by atoms with Gasteiger partial charge in [0.05, 0.1) is 0 Å². The van der Waals surface area contributed by atoms with Crippen molar-refractivity contribution in [3.8, 4) is 0 Å². The quantitative estimate of drug-likeness (QED) is 0.843. The predicted octanol–water partition coefficient (Wildman–Crippen LogP) is 3.05. The van der Waals surface area contributed by atoms with Crippen molar-refractivity contribution in [2.24, 2.45) is 17.3 Å². The molecule has 1 saturated heterocycles. The van der Waals surface area contributed by atoms with Gasteiger partial charge in [-0.05, 0) is 62.9 Å². The summed E-state index contributed by atoms with van der Waals surface area (Å²) in [5.41, 5.74) is 0.398. The van der Waals surface area contributed by atoms with Gasteiger partial charge in [-0.25, -0.2) is 0 Å². The first kappa shape index (κ1) is 15.8. The Morgan fingerprint density at radius 2 is 1.55 bits per heavy atom. The van der Waals surface area contributed by atoms with Crippen molar-refractivity contribution in [3.05, 3.63) is 0 Å². The molecule has 3 nitrogen and oxygen atoms in total. The summed E-state index contributed by atoms with van der Waals surface area (Å²) in [5.74, 6) is 1.48. The molecule has 0 radical (unpaired) electrons. The molecule has 0 aromatic carbocycles. The summed E-state index contributed by atoms with van der Waals surface area (Å²) in [6.45, 7) is 9.11. The minimum absolute atomic E-state index is 0.286. The minimum Gasteiger partial charge on any atom is -0.342 e. The number of nitrogens with one attached hydrogen (secondary N) is 1. The Balaban J connectivity index is 1.85. The summed E-state index contributed by atoms with van der Waals surface area (Å²) < 4.78 is 0. The second-order valence-electron chi connectivity index (χ2n) is 7.84. The van der Waals surface area contributed by atoms with Crippen LogP contribution in [0.3, 0.4) is 0 Å². The van der Waals surface area contributed by atoms with E-state index in [1.165, 1.54) is 12.8 Å². The number of carbonyl (C=O) groups is 1. The van der Waals surface area contributed by atoms with Crippen molar-refractivity contribution in [1.82, 2.24) is 10.2 Å². The van der Waals surface area contributed by atoms with E-state index in [4.69, 9.17) is 0 Å². The van der Waals surface area contributed by atoms with Gasteiger partial charge < -0.3 is 10.2 Å². The average Bonchev–Trinajstić information content (AvgIpc) is 2.46. The summed E-state index contributed by atoms with van der Waals surface area (Å²) in [7, 11) is 2.02. The Hall–Kier alpha value is -0.570. The van der Waals surface area contributed by atoms with E-state index in [1.807, 2.05) is 7.05 Å². The molecule has 1 amide bonds. The maximum Gasteiger partial charge on any atom is 0.225 e. The molecule has 1 saturated carbocycles. The zero-order valence-corrected chi connectivity index (χ0v) is 13.7. The van der Waals surface area contributed by atoms with Crippen LogP contribution in [0.5, 0.6) is 0 Å². The topological polar surface area (TPSA) is 32.3 Å². The van der Waals surface area contributed by atoms with Gasteiger partial charge in [0.1, 0.15) is 0 Å². The lowest BCUT2D eigenvalue weighted by Gasteiger charge is -2.39. The highest BCUT2D eigenvalue weighted by atomic mass is 16.2. The number of rotatable bonds is 2. The van der Waals surface area contributed by atoms with Gasteiger partial charge in [-0.15, -0.1) is 0 Å². The van der Waals surface area contributed by atoms with E-state index in [1.54, 1.807) is 0 Å². The third kappa shape index (κ3) is 3.75. The Morgan fingerprint density at radius 1 is 1.00 bits per heavy atom. The Morgan fingerprint density at radius 3 is 2.05 bits per heavy atom. The third-order valence-corrected chi connectivity index (χ3v) is 5.51. The molecule has 116 valence electrons. The highest BCUT2D eigenvalue weighted by Crippen LogP contribution is 2.40. The van der Waals surface area contributed by atoms with Gasteiger partial charge in [0, 0.05) is 19.0 Å². The van der Waals surface area contributed by atoms with E-state index >= 15 is 0 Å². The van der Waals surface area contributed by atoms with E-state index < -0.39 is 0 Å². The smallest absolute Gasteiger partial charge is 0.225 e. The molecule has 0 aromatic rings. The van der Waals surface area contributed by atoms with Crippen LogP contribution in [0.2, 0.25) is 0 Å². The Labute approximate surface area is 124 Å². The van der Waals surface area contributed by atoms with Gasteiger partial charge in [0.2, 0.25) is 5.91 Å². The normalized spacial score (nSPS) is 29.2. The molecule has 2 rings (SSSR count). The maximum atomic E-state index is 12.7. The van der Waals surface area contributed by atoms with Crippen LogP contribution < -0.4 is 5.32 Å². The van der Waals surface area contributed by atoms with Crippen molar-refractivity contribution in [1.29, 1.82) is 0 Å². The molecular formula is C17H32N2O. The van der Waals surface area contributed by atoms with Crippen molar-refractivity contribution >= 4 is 5.91 Å².